The van der Waals surface area contributed by atoms with Crippen molar-refractivity contribution in [2.24, 2.45) is 0 Å². The summed E-state index contributed by atoms with van der Waals surface area (Å²) in [6.07, 6.45) is 10.6. The van der Waals surface area contributed by atoms with Gasteiger partial charge in [-0.3, -0.25) is 0 Å². The molecule has 0 rings (SSSR count). The van der Waals surface area contributed by atoms with Crippen LogP contribution in [0, 0.1) is 0 Å². The normalized spacial score (nSPS) is 15.4. The van der Waals surface area contributed by atoms with Gasteiger partial charge in [0.1, 0.15) is 0 Å². The highest BCUT2D eigenvalue weighted by Gasteiger charge is 2.07. The summed E-state index contributed by atoms with van der Waals surface area (Å²) in [7, 11) is 4.90. The van der Waals surface area contributed by atoms with Crippen LogP contribution in [0.15, 0.2) is 23.3 Å². The topological polar surface area (TPSA) is 18.5 Å². The number of methoxy groups -OCH3 is 1. The number of hydrogen-bond donors (Lipinski definition) is 0. The molecule has 0 saturated heterocycles. The standard InChI is InChI=1S/C15H30O2P2/c1-5-6-10-15(16-4)14(3)9-7-8-13(2)11-12-17-19-18/h9,11,15,19H,5-8,10,12,18H2,1-4H3. The lowest BCUT2D eigenvalue weighted by Gasteiger charge is -2.15. The zero-order chi connectivity index (χ0) is 14.5. The van der Waals surface area contributed by atoms with Gasteiger partial charge in [-0.25, -0.2) is 0 Å². The van der Waals surface area contributed by atoms with E-state index < -0.39 is 0 Å². The lowest BCUT2D eigenvalue weighted by Crippen LogP contribution is -2.11. The molecule has 112 valence electrons. The maximum absolute atomic E-state index is 5.55. The second-order valence-corrected chi connectivity index (χ2v) is 6.06. The second kappa shape index (κ2) is 13.3. The first kappa shape index (κ1) is 19.3. The molecule has 0 aromatic carbocycles. The summed E-state index contributed by atoms with van der Waals surface area (Å²) in [6, 6.07) is 0. The molecule has 0 spiro atoms. The van der Waals surface area contributed by atoms with Gasteiger partial charge in [-0.2, -0.15) is 0 Å². The first-order chi connectivity index (χ1) is 9.15. The summed E-state index contributed by atoms with van der Waals surface area (Å²) in [5.41, 5.74) is 2.77. The molecule has 0 amide bonds. The number of hydrogen-bond acceptors (Lipinski definition) is 2. The van der Waals surface area contributed by atoms with E-state index in [9.17, 15) is 0 Å². The SMILES string of the molecule is CCCCC(OC)C(C)=CCCC(C)=CCOPP. The van der Waals surface area contributed by atoms with Crippen LogP contribution in [0.1, 0.15) is 52.9 Å². The van der Waals surface area contributed by atoms with Crippen molar-refractivity contribution in [3.63, 3.8) is 0 Å². The minimum Gasteiger partial charge on any atom is -0.377 e. The number of allylic oxidation sites excluding steroid dienone is 2. The van der Waals surface area contributed by atoms with Crippen molar-refractivity contribution in [2.75, 3.05) is 13.7 Å². The molecule has 19 heavy (non-hydrogen) atoms. The van der Waals surface area contributed by atoms with Crippen molar-refractivity contribution >= 4 is 17.4 Å². The highest BCUT2D eigenvalue weighted by molar-refractivity contribution is 8.00. The summed E-state index contributed by atoms with van der Waals surface area (Å²) in [5, 5.41) is 0. The summed E-state index contributed by atoms with van der Waals surface area (Å²) in [5.74, 6) is 0. The van der Waals surface area contributed by atoms with E-state index in [4.69, 9.17) is 9.26 Å². The number of unbranched alkanes of at least 4 members (excludes halogenated alkanes) is 1. The van der Waals surface area contributed by atoms with E-state index in [1.165, 1.54) is 24.0 Å². The minimum absolute atomic E-state index is 0.297. The lowest BCUT2D eigenvalue weighted by atomic mass is 10.0. The predicted molar refractivity (Wildman–Crippen MR) is 91.0 cm³/mol. The molecule has 2 nitrogen and oxygen atoms in total. The first-order valence-corrected chi connectivity index (χ1v) is 9.79. The Morgan fingerprint density at radius 1 is 1.32 bits per heavy atom. The average molecular weight is 304 g/mol. The van der Waals surface area contributed by atoms with Gasteiger partial charge in [0.05, 0.1) is 12.7 Å². The fraction of sp³-hybridized carbons (Fsp3) is 0.733. The van der Waals surface area contributed by atoms with Gasteiger partial charge in [0.25, 0.3) is 0 Å². The van der Waals surface area contributed by atoms with E-state index in [2.05, 4.69) is 41.9 Å². The molecule has 0 aromatic heterocycles. The molecule has 0 aliphatic rings. The Bertz CT molecular complexity index is 275. The lowest BCUT2D eigenvalue weighted by molar-refractivity contribution is 0.122. The average Bonchev–Trinajstić information content (AvgIpc) is 2.40. The maximum Gasteiger partial charge on any atom is 0.0778 e. The van der Waals surface area contributed by atoms with Crippen LogP contribution in [0.4, 0.5) is 0 Å². The van der Waals surface area contributed by atoms with Crippen molar-refractivity contribution in [3.05, 3.63) is 23.3 Å². The van der Waals surface area contributed by atoms with Gasteiger partial charge in [-0.05, 0) is 38.7 Å². The molecule has 3 unspecified atom stereocenters. The van der Waals surface area contributed by atoms with Crippen LogP contribution in [0.3, 0.4) is 0 Å². The minimum atomic E-state index is 0.297. The smallest absolute Gasteiger partial charge is 0.0778 e. The summed E-state index contributed by atoms with van der Waals surface area (Å²) >= 11 is 0. The Balaban J connectivity index is 4.04. The predicted octanol–water partition coefficient (Wildman–Crippen LogP) is 5.26. The van der Waals surface area contributed by atoms with Crippen molar-refractivity contribution < 1.29 is 9.26 Å². The number of ether oxygens (including phenoxy) is 1. The van der Waals surface area contributed by atoms with Crippen molar-refractivity contribution in [1.29, 1.82) is 0 Å². The van der Waals surface area contributed by atoms with Gasteiger partial charge in [0.2, 0.25) is 0 Å². The second-order valence-electron chi connectivity index (χ2n) is 4.83. The van der Waals surface area contributed by atoms with E-state index in [-0.39, 0.29) is 0 Å². The summed E-state index contributed by atoms with van der Waals surface area (Å²) < 4.78 is 10.9. The Morgan fingerprint density at radius 2 is 2.05 bits per heavy atom. The van der Waals surface area contributed by atoms with Crippen LogP contribution in [0.25, 0.3) is 0 Å². The van der Waals surface area contributed by atoms with Crippen LogP contribution < -0.4 is 0 Å². The molecule has 0 radical (unpaired) electrons. The Labute approximate surface area is 123 Å². The molecular weight excluding hydrogens is 274 g/mol. The van der Waals surface area contributed by atoms with Crippen molar-refractivity contribution in [3.8, 4) is 0 Å². The third kappa shape index (κ3) is 10.7. The van der Waals surface area contributed by atoms with Crippen LogP contribution >= 0.6 is 17.4 Å². The molecule has 4 heteroatoms. The molecule has 0 fully saturated rings. The molecule has 0 heterocycles. The Kier molecular flexibility index (Phi) is 13.4. The van der Waals surface area contributed by atoms with Gasteiger partial charge >= 0.3 is 0 Å². The van der Waals surface area contributed by atoms with Crippen molar-refractivity contribution in [2.45, 2.75) is 59.0 Å². The van der Waals surface area contributed by atoms with E-state index in [1.807, 2.05) is 7.11 Å². The van der Waals surface area contributed by atoms with Gasteiger partial charge < -0.3 is 9.26 Å². The maximum atomic E-state index is 5.55. The summed E-state index contributed by atoms with van der Waals surface area (Å²) in [6.45, 7) is 7.30. The van der Waals surface area contributed by atoms with E-state index in [1.54, 1.807) is 0 Å². The monoisotopic (exact) mass is 304 g/mol. The van der Waals surface area contributed by atoms with Crippen LogP contribution in [-0.4, -0.2) is 19.8 Å². The first-order valence-electron chi connectivity index (χ1n) is 7.08. The van der Waals surface area contributed by atoms with Gasteiger partial charge in [0.15, 0.2) is 0 Å². The third-order valence-corrected chi connectivity index (χ3v) is 4.05. The fourth-order valence-corrected chi connectivity index (χ4v) is 2.38. The Morgan fingerprint density at radius 3 is 2.63 bits per heavy atom. The number of rotatable bonds is 11. The van der Waals surface area contributed by atoms with E-state index in [0.29, 0.717) is 14.6 Å². The van der Waals surface area contributed by atoms with Crippen LogP contribution in [-0.2, 0) is 9.26 Å². The third-order valence-electron chi connectivity index (χ3n) is 3.22. The molecule has 0 aliphatic carbocycles. The molecule has 0 aromatic rings. The van der Waals surface area contributed by atoms with Gasteiger partial charge in [0, 0.05) is 15.6 Å². The molecule has 0 saturated carbocycles. The Hall–Kier alpha value is 0.260. The molecule has 0 bridgehead atoms. The zero-order valence-electron chi connectivity index (χ0n) is 12.9. The van der Waals surface area contributed by atoms with Gasteiger partial charge in [-0.1, -0.05) is 46.4 Å². The van der Waals surface area contributed by atoms with E-state index in [0.717, 1.165) is 25.9 Å². The molecule has 3 atom stereocenters. The fourth-order valence-electron chi connectivity index (χ4n) is 1.91. The highest BCUT2D eigenvalue weighted by Crippen LogP contribution is 2.21. The summed E-state index contributed by atoms with van der Waals surface area (Å²) in [4.78, 5) is 0. The zero-order valence-corrected chi connectivity index (χ0v) is 15.0. The van der Waals surface area contributed by atoms with Crippen LogP contribution in [0.5, 0.6) is 0 Å². The van der Waals surface area contributed by atoms with Crippen LogP contribution in [0.2, 0.25) is 0 Å². The molecular formula is C15H30O2P2. The molecule has 0 aliphatic heterocycles. The quantitative estimate of drug-likeness (QED) is 0.294. The van der Waals surface area contributed by atoms with Crippen molar-refractivity contribution in [1.82, 2.24) is 0 Å². The highest BCUT2D eigenvalue weighted by atomic mass is 32.0. The van der Waals surface area contributed by atoms with E-state index >= 15 is 0 Å². The largest absolute Gasteiger partial charge is 0.377 e. The molecule has 0 N–H and O–H groups in total. The van der Waals surface area contributed by atoms with Gasteiger partial charge in [-0.15, -0.1) is 0 Å².